The Kier molecular flexibility index (Phi) is 14.0. The maximum atomic E-state index is 13.6. The number of rotatable bonds is 19. The van der Waals surface area contributed by atoms with Crippen LogP contribution in [0.4, 0.5) is 5.95 Å². The molecule has 0 unspecified atom stereocenters. The Bertz CT molecular complexity index is 3160. The number of nitrogens with two attached hydrogens (primary N) is 1. The van der Waals surface area contributed by atoms with Crippen LogP contribution in [0.2, 0.25) is 0 Å². The molecular formula is C50H49N9O7S2. The van der Waals surface area contributed by atoms with E-state index < -0.39 is 50.0 Å². The van der Waals surface area contributed by atoms with Gasteiger partial charge in [0.2, 0.25) is 26.0 Å². The number of nitrogens with zero attached hydrogens (tertiary/aromatic N) is 4. The van der Waals surface area contributed by atoms with Gasteiger partial charge in [0.05, 0.1) is 34.7 Å². The predicted octanol–water partition coefficient (Wildman–Crippen LogP) is 5.38. The molecule has 0 radical (unpaired) electrons. The molecule has 16 nitrogen and oxygen atoms in total. The highest BCUT2D eigenvalue weighted by molar-refractivity contribution is 7.89. The molecule has 18 heteroatoms. The number of methoxy groups -OCH3 is 1. The average Bonchev–Trinajstić information content (AvgIpc) is 3.98. The predicted molar refractivity (Wildman–Crippen MR) is 259 cm³/mol. The zero-order valence-corrected chi connectivity index (χ0v) is 38.7. The van der Waals surface area contributed by atoms with Gasteiger partial charge in [-0.05, 0) is 64.2 Å². The Labute approximate surface area is 394 Å². The number of hydrogen-bond donors (Lipinski definition) is 5. The van der Waals surface area contributed by atoms with Crippen molar-refractivity contribution in [2.24, 2.45) is 12.8 Å². The Morgan fingerprint density at radius 3 is 1.81 bits per heavy atom. The molecule has 348 valence electrons. The van der Waals surface area contributed by atoms with Crippen molar-refractivity contribution in [3.8, 4) is 11.1 Å². The minimum absolute atomic E-state index is 0.0598. The molecule has 8 aromatic rings. The largest absolute Gasteiger partial charge is 0.468 e. The number of benzene rings is 6. The number of carbonyl (C=O) groups is 2. The molecule has 6 aromatic carbocycles. The zero-order chi connectivity index (χ0) is 47.9. The summed E-state index contributed by atoms with van der Waals surface area (Å²) >= 11 is 0. The van der Waals surface area contributed by atoms with Gasteiger partial charge in [-0.3, -0.25) is 18.8 Å². The van der Waals surface area contributed by atoms with Crippen molar-refractivity contribution in [1.82, 2.24) is 34.1 Å². The lowest BCUT2D eigenvalue weighted by molar-refractivity contribution is -0.142. The molecular weight excluding hydrogens is 903 g/mol. The zero-order valence-electron chi connectivity index (χ0n) is 37.1. The molecule has 0 saturated carbocycles. The van der Waals surface area contributed by atoms with E-state index >= 15 is 0 Å². The van der Waals surface area contributed by atoms with Crippen LogP contribution in [0.5, 0.6) is 0 Å². The Balaban J connectivity index is 0.963. The highest BCUT2D eigenvalue weighted by Crippen LogP contribution is 2.42. The SMILES string of the molecule is COC(=O)[C@H](CNC(=O)c1ccc2c(CNc3nccn3C(c3ccccc3)(c3ccccc3)c3ccccc3)nn(C)c2c1)NS(=O)(=O)c1ccc(-c2ccc(S(=O)(=O)NCCN)cc2)cc1. The highest BCUT2D eigenvalue weighted by Gasteiger charge is 2.40. The standard InChI is InChI=1S/C50H49N9O7S2/c1-58-46-32-37(47(60)53-34-45(48(61)66-2)57-68(64,65)42-25-20-36(21-26-42)35-18-23-41(24-19-35)67(62,63)55-29-28-51)22-27-43(46)44(56-58)33-54-49-52-30-31-59(49)50(38-12-6-3-7-13-38,39-14-8-4-9-15-39)40-16-10-5-11-17-40/h3-27,30-32,45,55,57H,28-29,33-34,51H2,1-2H3,(H,52,54)(H,53,60)/t45-/m0/s1. The Hall–Kier alpha value is -7.48. The molecule has 8 rings (SSSR count). The number of aromatic nitrogens is 4. The van der Waals surface area contributed by atoms with E-state index in [0.717, 1.165) is 29.2 Å². The number of sulfonamides is 2. The molecule has 6 N–H and O–H groups in total. The summed E-state index contributed by atoms with van der Waals surface area (Å²) in [5.74, 6) is -0.852. The molecule has 0 aliphatic rings. The van der Waals surface area contributed by atoms with Crippen LogP contribution in [0.25, 0.3) is 22.0 Å². The second-order valence-electron chi connectivity index (χ2n) is 15.7. The molecule has 1 amide bonds. The van der Waals surface area contributed by atoms with Crippen LogP contribution in [0.1, 0.15) is 32.7 Å². The van der Waals surface area contributed by atoms with Gasteiger partial charge in [0.25, 0.3) is 5.91 Å². The van der Waals surface area contributed by atoms with Crippen molar-refractivity contribution in [3.05, 3.63) is 198 Å². The highest BCUT2D eigenvalue weighted by atomic mass is 32.2. The van der Waals surface area contributed by atoms with Gasteiger partial charge in [0, 0.05) is 50.0 Å². The number of imidazole rings is 1. The van der Waals surface area contributed by atoms with Crippen LogP contribution < -0.4 is 25.8 Å². The lowest BCUT2D eigenvalue weighted by Gasteiger charge is -2.38. The number of anilines is 1. The first-order valence-corrected chi connectivity index (χ1v) is 24.5. The third kappa shape index (κ3) is 9.67. The van der Waals surface area contributed by atoms with Crippen LogP contribution in [-0.2, 0) is 48.7 Å². The van der Waals surface area contributed by atoms with E-state index in [9.17, 15) is 26.4 Å². The second-order valence-corrected chi connectivity index (χ2v) is 19.2. The summed E-state index contributed by atoms with van der Waals surface area (Å²) in [4.78, 5) is 31.1. The lowest BCUT2D eigenvalue weighted by Crippen LogP contribution is -2.48. The first-order valence-electron chi connectivity index (χ1n) is 21.5. The number of ether oxygens (including phenoxy) is 1. The maximum absolute atomic E-state index is 13.6. The summed E-state index contributed by atoms with van der Waals surface area (Å²) in [6, 6.07) is 46.4. The van der Waals surface area contributed by atoms with E-state index in [-0.39, 0.29) is 28.4 Å². The average molecular weight is 952 g/mol. The molecule has 1 atom stereocenters. The summed E-state index contributed by atoms with van der Waals surface area (Å²) in [5, 5.41) is 11.8. The van der Waals surface area contributed by atoms with Gasteiger partial charge in [-0.2, -0.15) is 9.82 Å². The molecule has 2 heterocycles. The van der Waals surface area contributed by atoms with Gasteiger partial charge < -0.3 is 21.1 Å². The Morgan fingerprint density at radius 1 is 0.735 bits per heavy atom. The van der Waals surface area contributed by atoms with E-state index in [4.69, 9.17) is 20.6 Å². The maximum Gasteiger partial charge on any atom is 0.325 e. The van der Waals surface area contributed by atoms with Crippen LogP contribution in [0.3, 0.4) is 0 Å². The quantitative estimate of drug-likeness (QED) is 0.0512. The molecule has 0 aliphatic carbocycles. The van der Waals surface area contributed by atoms with Crippen LogP contribution in [0, 0.1) is 0 Å². The summed E-state index contributed by atoms with van der Waals surface area (Å²) in [6.45, 7) is 0.130. The van der Waals surface area contributed by atoms with Crippen molar-refractivity contribution < 1.29 is 31.2 Å². The summed E-state index contributed by atoms with van der Waals surface area (Å²) in [7, 11) is -5.12. The second kappa shape index (κ2) is 20.2. The van der Waals surface area contributed by atoms with Gasteiger partial charge in [-0.1, -0.05) is 121 Å². The van der Waals surface area contributed by atoms with Gasteiger partial charge in [-0.15, -0.1) is 0 Å². The van der Waals surface area contributed by atoms with Gasteiger partial charge in [0.1, 0.15) is 11.6 Å². The molecule has 0 saturated heterocycles. The smallest absolute Gasteiger partial charge is 0.325 e. The first kappa shape index (κ1) is 47.0. The van der Waals surface area contributed by atoms with E-state index in [2.05, 4.69) is 61.0 Å². The Morgan fingerprint density at radius 2 is 1.28 bits per heavy atom. The topological polar surface area (TPSA) is 221 Å². The number of nitrogens with one attached hydrogen (secondary N) is 4. The monoisotopic (exact) mass is 951 g/mol. The van der Waals surface area contributed by atoms with Crippen LogP contribution >= 0.6 is 0 Å². The van der Waals surface area contributed by atoms with E-state index in [1.165, 1.54) is 24.3 Å². The van der Waals surface area contributed by atoms with Gasteiger partial charge >= 0.3 is 5.97 Å². The molecule has 68 heavy (non-hydrogen) atoms. The molecule has 0 fully saturated rings. The van der Waals surface area contributed by atoms with Crippen molar-refractivity contribution in [2.75, 3.05) is 32.1 Å². The van der Waals surface area contributed by atoms with Crippen molar-refractivity contribution >= 4 is 48.8 Å². The number of fused-ring (bicyclic) bond motifs is 1. The summed E-state index contributed by atoms with van der Waals surface area (Å²) < 4.78 is 65.4. The van der Waals surface area contributed by atoms with Crippen LogP contribution in [0.15, 0.2) is 180 Å². The minimum atomic E-state index is -4.29. The minimum Gasteiger partial charge on any atom is -0.468 e. The normalized spacial score (nSPS) is 12.4. The van der Waals surface area contributed by atoms with Gasteiger partial charge in [-0.25, -0.2) is 26.5 Å². The van der Waals surface area contributed by atoms with Gasteiger partial charge in [0.15, 0.2) is 0 Å². The molecule has 0 bridgehead atoms. The van der Waals surface area contributed by atoms with E-state index in [0.29, 0.717) is 34.8 Å². The fourth-order valence-electron chi connectivity index (χ4n) is 8.22. The molecule has 2 aromatic heterocycles. The van der Waals surface area contributed by atoms with Crippen LogP contribution in [-0.4, -0.2) is 80.8 Å². The molecule has 0 aliphatic heterocycles. The molecule has 0 spiro atoms. The van der Waals surface area contributed by atoms with Crippen molar-refractivity contribution in [3.63, 3.8) is 0 Å². The third-order valence-electron chi connectivity index (χ3n) is 11.5. The summed E-state index contributed by atoms with van der Waals surface area (Å²) in [5.41, 5.74) is 10.7. The number of hydrogen-bond acceptors (Lipinski definition) is 11. The van der Waals surface area contributed by atoms with Crippen molar-refractivity contribution in [2.45, 2.75) is 27.9 Å². The fourth-order valence-corrected chi connectivity index (χ4v) is 10.5. The van der Waals surface area contributed by atoms with E-state index in [1.54, 1.807) is 60.4 Å². The third-order valence-corrected chi connectivity index (χ3v) is 14.5. The number of amides is 1. The number of esters is 1. The number of aryl methyl sites for hydroxylation is 1. The number of carbonyl (C=O) groups excluding carboxylic acids is 2. The lowest BCUT2D eigenvalue weighted by atomic mass is 9.76. The van der Waals surface area contributed by atoms with E-state index in [1.807, 2.05) is 60.8 Å². The summed E-state index contributed by atoms with van der Waals surface area (Å²) in [6.07, 6.45) is 3.74. The first-order chi connectivity index (χ1) is 32.8. The van der Waals surface area contributed by atoms with Crippen molar-refractivity contribution in [1.29, 1.82) is 0 Å². The fraction of sp³-hybridized carbons (Fsp3) is 0.160.